The van der Waals surface area contributed by atoms with E-state index in [0.717, 1.165) is 28.2 Å². The molecule has 0 spiro atoms. The number of carbonyl (C=O) groups excluding carboxylic acids is 2. The topological polar surface area (TPSA) is 223 Å². The monoisotopic (exact) mass is 477 g/mol. The summed E-state index contributed by atoms with van der Waals surface area (Å²) in [4.78, 5) is 43.2. The van der Waals surface area contributed by atoms with Gasteiger partial charge in [0.2, 0.25) is 11.5 Å². The third-order valence-electron chi connectivity index (χ3n) is 4.74. The van der Waals surface area contributed by atoms with Crippen molar-refractivity contribution in [2.75, 3.05) is 11.5 Å². The van der Waals surface area contributed by atoms with E-state index in [1.165, 1.54) is 6.20 Å². The Hall–Kier alpha value is -3.79. The zero-order chi connectivity index (χ0) is 23.0. The van der Waals surface area contributed by atoms with E-state index in [2.05, 4.69) is 30.0 Å². The Kier molecular flexibility index (Phi) is 5.62. The summed E-state index contributed by atoms with van der Waals surface area (Å²) in [6.45, 7) is 0. The van der Waals surface area contributed by atoms with Gasteiger partial charge in [-0.15, -0.1) is 5.10 Å². The number of anilines is 2. The highest BCUT2D eigenvalue weighted by Gasteiger charge is 2.53. The number of nitrogens with two attached hydrogens (primary N) is 2. The van der Waals surface area contributed by atoms with Crippen LogP contribution in [0.15, 0.2) is 32.9 Å². The molecule has 0 unspecified atom stereocenters. The van der Waals surface area contributed by atoms with Crippen molar-refractivity contribution in [1.82, 2.24) is 29.8 Å². The summed E-state index contributed by atoms with van der Waals surface area (Å²) in [5.74, 6) is -2.77. The molecule has 2 aromatic rings. The molecule has 1 saturated heterocycles. The van der Waals surface area contributed by atoms with Gasteiger partial charge in [-0.3, -0.25) is 14.5 Å². The minimum Gasteiger partial charge on any atom is -0.477 e. The molecule has 7 N–H and O–H groups in total. The number of oxime groups is 1. The molecule has 0 aromatic carbocycles. The fourth-order valence-corrected chi connectivity index (χ4v) is 4.92. The molecule has 2 atom stereocenters. The molecule has 32 heavy (non-hydrogen) atoms. The number of nitrogen functional groups attached to an aromatic ring is 2. The van der Waals surface area contributed by atoms with Gasteiger partial charge in [0.15, 0.2) is 5.13 Å². The van der Waals surface area contributed by atoms with Crippen LogP contribution in [0, 0.1) is 0 Å². The van der Waals surface area contributed by atoms with Crippen LogP contribution in [0.1, 0.15) is 18.7 Å². The van der Waals surface area contributed by atoms with Gasteiger partial charge in [0.05, 0.1) is 12.2 Å². The second-order valence-corrected chi connectivity index (χ2v) is 8.62. The largest absolute Gasteiger partial charge is 0.477 e. The van der Waals surface area contributed by atoms with Crippen LogP contribution in [0.25, 0.3) is 0 Å². The number of amides is 2. The van der Waals surface area contributed by atoms with Gasteiger partial charge in [0.25, 0.3) is 11.8 Å². The second kappa shape index (κ2) is 8.39. The summed E-state index contributed by atoms with van der Waals surface area (Å²) >= 11 is 1.94. The summed E-state index contributed by atoms with van der Waals surface area (Å²) in [5, 5.41) is 31.7. The smallest absolute Gasteiger partial charge is 0.353 e. The number of carbonyl (C=O) groups is 3. The Morgan fingerprint density at radius 2 is 2.16 bits per heavy atom. The first-order valence-corrected chi connectivity index (χ1v) is 10.6. The molecule has 4 rings (SSSR count). The maximum absolute atomic E-state index is 12.8. The van der Waals surface area contributed by atoms with Gasteiger partial charge < -0.3 is 27.1 Å². The predicted molar refractivity (Wildman–Crippen MR) is 111 cm³/mol. The standard InChI is InChI=1S/C16H15N9O5S2/c17-8-3-5(4-19-22-8)31-7-2-1-6-9(14(27)25(6)11(7)15(28)29)20-13(26)10(23-30)12-21-16(18)32-24-12/h3-4,6,9,30H,1-2H2,(H2,17,22)(H,20,26)(H,28,29)(H2,18,21,24)/b23-10-/t6-,9+/m1/s1. The molecule has 2 amide bonds. The molecule has 1 fully saturated rings. The van der Waals surface area contributed by atoms with Crippen LogP contribution in [0.5, 0.6) is 0 Å². The lowest BCUT2D eigenvalue weighted by atomic mass is 9.86. The van der Waals surface area contributed by atoms with Crippen LogP contribution in [0.2, 0.25) is 0 Å². The van der Waals surface area contributed by atoms with Crippen molar-refractivity contribution >= 4 is 57.7 Å². The fourth-order valence-electron chi connectivity index (χ4n) is 3.42. The lowest BCUT2D eigenvalue weighted by molar-refractivity contribution is -0.155. The lowest BCUT2D eigenvalue weighted by Gasteiger charge is -2.50. The van der Waals surface area contributed by atoms with E-state index in [-0.39, 0.29) is 22.5 Å². The highest BCUT2D eigenvalue weighted by Crippen LogP contribution is 2.43. The number of nitrogens with zero attached hydrogens (tertiary/aromatic N) is 6. The zero-order valence-electron chi connectivity index (χ0n) is 16.0. The molecule has 2 aliphatic rings. The first-order chi connectivity index (χ1) is 15.3. The average Bonchev–Trinajstić information content (AvgIpc) is 3.17. The van der Waals surface area contributed by atoms with Crippen molar-refractivity contribution in [2.45, 2.75) is 29.8 Å². The van der Waals surface area contributed by atoms with Crippen molar-refractivity contribution in [3.05, 3.63) is 28.7 Å². The molecule has 4 heterocycles. The van der Waals surface area contributed by atoms with Gasteiger partial charge in [-0.05, 0) is 18.9 Å². The SMILES string of the molecule is Nc1cc(SC2=C(C(=O)O)N3C(=O)[C@@H](NC(=O)/C(=N\O)c4nsc(N)n4)[C@H]3CC2)cnn1. The highest BCUT2D eigenvalue weighted by atomic mass is 32.2. The van der Waals surface area contributed by atoms with E-state index in [1.54, 1.807) is 6.07 Å². The number of rotatable bonds is 6. The maximum Gasteiger partial charge on any atom is 0.353 e. The van der Waals surface area contributed by atoms with Gasteiger partial charge in [0, 0.05) is 21.3 Å². The van der Waals surface area contributed by atoms with Crippen LogP contribution >= 0.6 is 23.3 Å². The average molecular weight is 477 g/mol. The van der Waals surface area contributed by atoms with Crippen LogP contribution in [-0.4, -0.2) is 70.3 Å². The number of allylic oxidation sites excluding steroid dienone is 1. The molecule has 14 nitrogen and oxygen atoms in total. The first-order valence-electron chi connectivity index (χ1n) is 8.98. The van der Waals surface area contributed by atoms with Crippen molar-refractivity contribution < 1.29 is 24.7 Å². The summed E-state index contributed by atoms with van der Waals surface area (Å²) in [7, 11) is 0. The van der Waals surface area contributed by atoms with E-state index in [1.807, 2.05) is 0 Å². The van der Waals surface area contributed by atoms with Crippen LogP contribution in [0.3, 0.4) is 0 Å². The van der Waals surface area contributed by atoms with Crippen molar-refractivity contribution in [1.29, 1.82) is 0 Å². The molecule has 0 radical (unpaired) electrons. The van der Waals surface area contributed by atoms with E-state index >= 15 is 0 Å². The molecule has 2 aromatic heterocycles. The van der Waals surface area contributed by atoms with E-state index in [4.69, 9.17) is 11.5 Å². The summed E-state index contributed by atoms with van der Waals surface area (Å²) in [5.41, 5.74) is 10.4. The van der Waals surface area contributed by atoms with E-state index < -0.39 is 35.6 Å². The predicted octanol–water partition coefficient (Wildman–Crippen LogP) is -0.751. The molecule has 0 bridgehead atoms. The molecular weight excluding hydrogens is 462 g/mol. The van der Waals surface area contributed by atoms with Crippen LogP contribution in [-0.2, 0) is 14.4 Å². The zero-order valence-corrected chi connectivity index (χ0v) is 17.6. The number of carboxylic acids is 1. The van der Waals surface area contributed by atoms with Gasteiger partial charge in [-0.1, -0.05) is 16.9 Å². The molecule has 16 heteroatoms. The Labute approximate surface area is 187 Å². The Morgan fingerprint density at radius 3 is 2.78 bits per heavy atom. The summed E-state index contributed by atoms with van der Waals surface area (Å²) in [6, 6.07) is -0.0167. The highest BCUT2D eigenvalue weighted by molar-refractivity contribution is 8.03. The van der Waals surface area contributed by atoms with Gasteiger partial charge in [0.1, 0.15) is 17.6 Å². The third kappa shape index (κ3) is 3.80. The van der Waals surface area contributed by atoms with Crippen molar-refractivity contribution in [3.8, 4) is 0 Å². The summed E-state index contributed by atoms with van der Waals surface area (Å²) < 4.78 is 3.80. The fraction of sp³-hybridized carbons (Fsp3) is 0.250. The number of aliphatic carboxylic acids is 1. The Balaban J connectivity index is 1.53. The number of carboxylic acid groups (broad SMARTS) is 1. The second-order valence-electron chi connectivity index (χ2n) is 6.67. The van der Waals surface area contributed by atoms with Crippen LogP contribution < -0.4 is 16.8 Å². The third-order valence-corrected chi connectivity index (χ3v) is 6.38. The van der Waals surface area contributed by atoms with Gasteiger partial charge in [-0.25, -0.2) is 4.79 Å². The number of aromatic nitrogens is 4. The molecule has 2 aliphatic heterocycles. The lowest BCUT2D eigenvalue weighted by Crippen LogP contribution is -2.72. The van der Waals surface area contributed by atoms with E-state index in [9.17, 15) is 24.7 Å². The Bertz CT molecular complexity index is 1180. The minimum absolute atomic E-state index is 0.0690. The van der Waals surface area contributed by atoms with Gasteiger partial charge >= 0.3 is 5.97 Å². The molecular formula is C16H15N9O5S2. The summed E-state index contributed by atoms with van der Waals surface area (Å²) in [6.07, 6.45) is 2.19. The molecule has 166 valence electrons. The molecule has 0 aliphatic carbocycles. The number of hydrogen-bond acceptors (Lipinski definition) is 13. The number of nitrogens with one attached hydrogen (secondary N) is 1. The number of hydrogen-bond donors (Lipinski definition) is 5. The van der Waals surface area contributed by atoms with Crippen LogP contribution in [0.4, 0.5) is 10.9 Å². The Morgan fingerprint density at radius 1 is 1.38 bits per heavy atom. The minimum atomic E-state index is -1.27. The maximum atomic E-state index is 12.8. The number of β-lactam (4-membered cyclic amide) rings is 1. The quantitative estimate of drug-likeness (QED) is 0.150. The van der Waals surface area contributed by atoms with Crippen molar-refractivity contribution in [3.63, 3.8) is 0 Å². The number of fused-ring (bicyclic) bond motifs is 1. The normalized spacial score (nSPS) is 20.6. The number of thioether (sulfide) groups is 1. The van der Waals surface area contributed by atoms with Gasteiger partial charge in [-0.2, -0.15) is 14.5 Å². The molecule has 0 saturated carbocycles. The first kappa shape index (κ1) is 21.4. The van der Waals surface area contributed by atoms with Crippen molar-refractivity contribution in [2.24, 2.45) is 5.16 Å². The van der Waals surface area contributed by atoms with E-state index in [0.29, 0.717) is 22.6 Å².